The molecule has 1 aromatic rings. The minimum Gasteiger partial charge on any atom is -0.494 e. The highest BCUT2D eigenvalue weighted by Gasteiger charge is 2.27. The lowest BCUT2D eigenvalue weighted by atomic mass is 9.76. The van der Waals surface area contributed by atoms with E-state index in [1.807, 2.05) is 24.3 Å². The van der Waals surface area contributed by atoms with Crippen LogP contribution in [-0.2, 0) is 0 Å². The molecule has 120 valence electrons. The Morgan fingerprint density at radius 3 is 2.29 bits per heavy atom. The van der Waals surface area contributed by atoms with Crippen molar-refractivity contribution in [2.24, 2.45) is 17.3 Å². The van der Waals surface area contributed by atoms with Gasteiger partial charge in [0.15, 0.2) is 0 Å². The van der Waals surface area contributed by atoms with Crippen molar-refractivity contribution in [3.63, 3.8) is 0 Å². The van der Waals surface area contributed by atoms with E-state index in [-0.39, 0.29) is 5.41 Å². The van der Waals surface area contributed by atoms with E-state index in [0.29, 0.717) is 11.8 Å². The smallest absolute Gasteiger partial charge is 0.119 e. The maximum Gasteiger partial charge on any atom is 0.119 e. The number of hydrogen-bond acceptors (Lipinski definition) is 2. The molecule has 0 radical (unpaired) electrons. The Labute approximate surface area is 138 Å². The van der Waals surface area contributed by atoms with Gasteiger partial charge in [-0.1, -0.05) is 50.5 Å². The van der Waals surface area contributed by atoms with Crippen molar-refractivity contribution in [3.8, 4) is 5.75 Å². The summed E-state index contributed by atoms with van der Waals surface area (Å²) in [6, 6.07) is 8.05. The lowest BCUT2D eigenvalue weighted by Crippen LogP contribution is -2.38. The summed E-state index contributed by atoms with van der Waals surface area (Å²) in [6.45, 7) is 14.3. The summed E-state index contributed by atoms with van der Waals surface area (Å²) in [5, 5.41) is 3.60. The monoisotopic (exact) mass is 355 g/mol. The molecule has 0 saturated carbocycles. The quantitative estimate of drug-likeness (QED) is 0.663. The summed E-state index contributed by atoms with van der Waals surface area (Å²) in [5.74, 6) is 2.27. The highest BCUT2D eigenvalue weighted by atomic mass is 79.9. The van der Waals surface area contributed by atoms with Crippen molar-refractivity contribution in [1.82, 2.24) is 5.32 Å². The SMILES string of the molecule is CC(C)CNCC(C)(CCOc1ccc(Br)cc1)C(C)C. The van der Waals surface area contributed by atoms with Gasteiger partial charge in [-0.2, -0.15) is 0 Å². The number of halogens is 1. The Morgan fingerprint density at radius 1 is 1.14 bits per heavy atom. The molecule has 1 atom stereocenters. The van der Waals surface area contributed by atoms with Gasteiger partial charge in [-0.25, -0.2) is 0 Å². The largest absolute Gasteiger partial charge is 0.494 e. The summed E-state index contributed by atoms with van der Waals surface area (Å²) < 4.78 is 6.97. The Morgan fingerprint density at radius 2 is 1.76 bits per heavy atom. The molecular weight excluding hydrogens is 326 g/mol. The maximum absolute atomic E-state index is 5.89. The Bertz CT molecular complexity index is 402. The predicted octanol–water partition coefficient (Wildman–Crippen LogP) is 5.13. The van der Waals surface area contributed by atoms with Gasteiger partial charge < -0.3 is 10.1 Å². The van der Waals surface area contributed by atoms with Gasteiger partial charge in [0.05, 0.1) is 6.61 Å². The fourth-order valence-electron chi connectivity index (χ4n) is 2.16. The molecule has 21 heavy (non-hydrogen) atoms. The maximum atomic E-state index is 5.89. The second-order valence-electron chi connectivity index (χ2n) is 6.89. The van der Waals surface area contributed by atoms with E-state index in [9.17, 15) is 0 Å². The average molecular weight is 356 g/mol. The van der Waals surface area contributed by atoms with Crippen molar-refractivity contribution in [1.29, 1.82) is 0 Å². The van der Waals surface area contributed by atoms with Gasteiger partial charge >= 0.3 is 0 Å². The molecule has 0 heterocycles. The summed E-state index contributed by atoms with van der Waals surface area (Å²) >= 11 is 3.44. The molecule has 0 aliphatic heterocycles. The van der Waals surface area contributed by atoms with Crippen LogP contribution in [0.15, 0.2) is 28.7 Å². The fraction of sp³-hybridized carbons (Fsp3) is 0.667. The second kappa shape index (κ2) is 8.79. The number of ether oxygens (including phenoxy) is 1. The normalized spacial score (nSPS) is 14.5. The van der Waals surface area contributed by atoms with Crippen LogP contribution in [0.25, 0.3) is 0 Å². The van der Waals surface area contributed by atoms with Gasteiger partial charge in [-0.3, -0.25) is 0 Å². The van der Waals surface area contributed by atoms with E-state index < -0.39 is 0 Å². The Kier molecular flexibility index (Phi) is 7.75. The standard InChI is InChI=1S/C18H30BrNO/c1-14(2)12-20-13-18(5,15(3)4)10-11-21-17-8-6-16(19)7-9-17/h6-9,14-15,20H,10-13H2,1-5H3. The molecule has 0 bridgehead atoms. The minimum atomic E-state index is 0.268. The van der Waals surface area contributed by atoms with Gasteiger partial charge in [0, 0.05) is 11.0 Å². The molecule has 0 saturated heterocycles. The number of hydrogen-bond donors (Lipinski definition) is 1. The average Bonchev–Trinajstić information content (AvgIpc) is 2.40. The molecule has 1 aromatic carbocycles. The summed E-state index contributed by atoms with van der Waals surface area (Å²) in [7, 11) is 0. The molecule has 0 amide bonds. The molecule has 1 rings (SSSR count). The van der Waals surface area contributed by atoms with Crippen molar-refractivity contribution in [2.75, 3.05) is 19.7 Å². The predicted molar refractivity (Wildman–Crippen MR) is 94.9 cm³/mol. The van der Waals surface area contributed by atoms with Gasteiger partial charge in [0.25, 0.3) is 0 Å². The summed E-state index contributed by atoms with van der Waals surface area (Å²) in [6.07, 6.45) is 1.06. The molecule has 1 unspecified atom stereocenters. The van der Waals surface area contributed by atoms with Gasteiger partial charge in [0.2, 0.25) is 0 Å². The first kappa shape index (κ1) is 18.5. The minimum absolute atomic E-state index is 0.268. The molecule has 0 aromatic heterocycles. The molecule has 3 heteroatoms. The summed E-state index contributed by atoms with van der Waals surface area (Å²) in [4.78, 5) is 0. The third-order valence-electron chi connectivity index (χ3n) is 4.23. The molecule has 1 N–H and O–H groups in total. The highest BCUT2D eigenvalue weighted by molar-refractivity contribution is 9.10. The molecule has 2 nitrogen and oxygen atoms in total. The van der Waals surface area contributed by atoms with Crippen LogP contribution in [-0.4, -0.2) is 19.7 Å². The molecule has 0 aliphatic carbocycles. The van der Waals surface area contributed by atoms with E-state index in [2.05, 4.69) is 55.9 Å². The van der Waals surface area contributed by atoms with Crippen LogP contribution < -0.4 is 10.1 Å². The van der Waals surface area contributed by atoms with Crippen molar-refractivity contribution in [3.05, 3.63) is 28.7 Å². The van der Waals surface area contributed by atoms with Crippen molar-refractivity contribution < 1.29 is 4.74 Å². The van der Waals surface area contributed by atoms with Crippen molar-refractivity contribution in [2.45, 2.75) is 41.0 Å². The zero-order valence-electron chi connectivity index (χ0n) is 14.1. The zero-order valence-corrected chi connectivity index (χ0v) is 15.7. The van der Waals surface area contributed by atoms with Crippen LogP contribution in [0.1, 0.15) is 41.0 Å². The first-order chi connectivity index (χ1) is 9.83. The lowest BCUT2D eigenvalue weighted by molar-refractivity contribution is 0.149. The van der Waals surface area contributed by atoms with Crippen LogP contribution in [0.5, 0.6) is 5.75 Å². The first-order valence-electron chi connectivity index (χ1n) is 7.92. The van der Waals surface area contributed by atoms with Crippen LogP contribution in [0.4, 0.5) is 0 Å². The van der Waals surface area contributed by atoms with E-state index in [4.69, 9.17) is 4.74 Å². The van der Waals surface area contributed by atoms with Crippen LogP contribution >= 0.6 is 15.9 Å². The van der Waals surface area contributed by atoms with E-state index in [0.717, 1.165) is 36.3 Å². The second-order valence-corrected chi connectivity index (χ2v) is 7.80. The van der Waals surface area contributed by atoms with Crippen LogP contribution in [0.3, 0.4) is 0 Å². The molecule has 0 aliphatic rings. The van der Waals surface area contributed by atoms with Gasteiger partial charge in [0.1, 0.15) is 5.75 Å². The van der Waals surface area contributed by atoms with Crippen molar-refractivity contribution >= 4 is 15.9 Å². The lowest BCUT2D eigenvalue weighted by Gasteiger charge is -2.34. The fourth-order valence-corrected chi connectivity index (χ4v) is 2.42. The Hall–Kier alpha value is -0.540. The number of benzene rings is 1. The van der Waals surface area contributed by atoms with Gasteiger partial charge in [-0.05, 0) is 54.5 Å². The highest BCUT2D eigenvalue weighted by Crippen LogP contribution is 2.30. The number of nitrogens with one attached hydrogen (secondary N) is 1. The van der Waals surface area contributed by atoms with Gasteiger partial charge in [-0.15, -0.1) is 0 Å². The van der Waals surface area contributed by atoms with Crippen LogP contribution in [0.2, 0.25) is 0 Å². The first-order valence-corrected chi connectivity index (χ1v) is 8.72. The summed E-state index contributed by atoms with van der Waals surface area (Å²) in [5.41, 5.74) is 0.268. The molecular formula is C18H30BrNO. The van der Waals surface area contributed by atoms with Crippen LogP contribution in [0, 0.1) is 17.3 Å². The van der Waals surface area contributed by atoms with E-state index >= 15 is 0 Å². The molecule has 0 spiro atoms. The molecule has 0 fully saturated rings. The zero-order chi connectivity index (χ0) is 15.9. The number of rotatable bonds is 9. The Balaban J connectivity index is 2.44. The van der Waals surface area contributed by atoms with E-state index in [1.165, 1.54) is 0 Å². The topological polar surface area (TPSA) is 21.3 Å². The third-order valence-corrected chi connectivity index (χ3v) is 4.76. The van der Waals surface area contributed by atoms with E-state index in [1.54, 1.807) is 0 Å². The third kappa shape index (κ3) is 6.84.